The van der Waals surface area contributed by atoms with E-state index in [9.17, 15) is 4.79 Å². The average molecular weight is 202 g/mol. The second-order valence-corrected chi connectivity index (χ2v) is 3.67. The van der Waals surface area contributed by atoms with Gasteiger partial charge in [-0.25, -0.2) is 0 Å². The van der Waals surface area contributed by atoms with Gasteiger partial charge < -0.3 is 5.73 Å². The maximum Gasteiger partial charge on any atom is 0.242 e. The van der Waals surface area contributed by atoms with Crippen molar-refractivity contribution < 1.29 is 4.79 Å². The highest BCUT2D eigenvalue weighted by molar-refractivity contribution is 6.30. The number of amides is 1. The predicted octanol–water partition coefficient (Wildman–Crippen LogP) is 1.22. The SMILES string of the molecule is CC(C)[C@@H](C(N)=O)n1cc(Cl)cn1. The number of halogens is 1. The van der Waals surface area contributed by atoms with Crippen LogP contribution < -0.4 is 5.73 Å². The zero-order chi connectivity index (χ0) is 10.0. The van der Waals surface area contributed by atoms with Crippen LogP contribution in [0.25, 0.3) is 0 Å². The van der Waals surface area contributed by atoms with Gasteiger partial charge in [0.1, 0.15) is 6.04 Å². The lowest BCUT2D eigenvalue weighted by molar-refractivity contribution is -0.122. The summed E-state index contributed by atoms with van der Waals surface area (Å²) < 4.78 is 1.50. The molecule has 2 N–H and O–H groups in total. The van der Waals surface area contributed by atoms with Crippen molar-refractivity contribution in [2.24, 2.45) is 11.7 Å². The zero-order valence-electron chi connectivity index (χ0n) is 7.57. The molecule has 0 aliphatic carbocycles. The van der Waals surface area contributed by atoms with Crippen LogP contribution in [-0.4, -0.2) is 15.7 Å². The Balaban J connectivity index is 2.95. The van der Waals surface area contributed by atoms with Gasteiger partial charge in [-0.3, -0.25) is 9.48 Å². The van der Waals surface area contributed by atoms with Crippen molar-refractivity contribution in [3.05, 3.63) is 17.4 Å². The van der Waals surface area contributed by atoms with Crippen molar-refractivity contribution in [1.82, 2.24) is 9.78 Å². The van der Waals surface area contributed by atoms with Crippen LogP contribution in [0.1, 0.15) is 19.9 Å². The van der Waals surface area contributed by atoms with E-state index in [4.69, 9.17) is 17.3 Å². The molecule has 1 amide bonds. The molecule has 0 bridgehead atoms. The van der Waals surface area contributed by atoms with Crippen LogP contribution in [-0.2, 0) is 4.79 Å². The van der Waals surface area contributed by atoms with Crippen LogP contribution in [0.2, 0.25) is 5.02 Å². The number of hydrogen-bond donors (Lipinski definition) is 1. The van der Waals surface area contributed by atoms with Crippen LogP contribution in [0.15, 0.2) is 12.4 Å². The lowest BCUT2D eigenvalue weighted by Crippen LogP contribution is -2.30. The fraction of sp³-hybridized carbons (Fsp3) is 0.500. The Hall–Kier alpha value is -1.03. The normalized spacial score (nSPS) is 13.2. The van der Waals surface area contributed by atoms with E-state index in [1.807, 2.05) is 13.8 Å². The van der Waals surface area contributed by atoms with Crippen molar-refractivity contribution in [3.63, 3.8) is 0 Å². The fourth-order valence-electron chi connectivity index (χ4n) is 1.23. The molecule has 13 heavy (non-hydrogen) atoms. The number of hydrogen-bond acceptors (Lipinski definition) is 2. The Morgan fingerprint density at radius 2 is 2.31 bits per heavy atom. The average Bonchev–Trinajstić information content (AvgIpc) is 2.34. The molecule has 1 rings (SSSR count). The summed E-state index contributed by atoms with van der Waals surface area (Å²) >= 11 is 5.68. The Morgan fingerprint density at radius 1 is 1.69 bits per heavy atom. The second-order valence-electron chi connectivity index (χ2n) is 3.23. The first kappa shape index (κ1) is 10.1. The molecule has 0 spiro atoms. The number of primary amides is 1. The fourth-order valence-corrected chi connectivity index (χ4v) is 1.37. The maximum absolute atomic E-state index is 11.1. The smallest absolute Gasteiger partial charge is 0.242 e. The summed E-state index contributed by atoms with van der Waals surface area (Å²) in [6.45, 7) is 3.82. The molecule has 0 saturated heterocycles. The first-order valence-electron chi connectivity index (χ1n) is 4.01. The van der Waals surface area contributed by atoms with Gasteiger partial charge in [0, 0.05) is 6.20 Å². The van der Waals surface area contributed by atoms with Gasteiger partial charge in [-0.2, -0.15) is 5.10 Å². The van der Waals surface area contributed by atoms with Crippen molar-refractivity contribution in [1.29, 1.82) is 0 Å². The summed E-state index contributed by atoms with van der Waals surface area (Å²) in [4.78, 5) is 11.1. The van der Waals surface area contributed by atoms with Crippen molar-refractivity contribution in [2.45, 2.75) is 19.9 Å². The van der Waals surface area contributed by atoms with Crippen molar-refractivity contribution in [3.8, 4) is 0 Å². The molecule has 4 nitrogen and oxygen atoms in total. The minimum atomic E-state index is -0.424. The monoisotopic (exact) mass is 201 g/mol. The molecular formula is C8H12ClN3O. The molecule has 1 heterocycles. The number of carbonyl (C=O) groups is 1. The van der Waals surface area contributed by atoms with Crippen LogP contribution >= 0.6 is 11.6 Å². The lowest BCUT2D eigenvalue weighted by atomic mass is 10.0. The molecule has 5 heteroatoms. The van der Waals surface area contributed by atoms with E-state index in [2.05, 4.69) is 5.10 Å². The number of nitrogens with zero attached hydrogens (tertiary/aromatic N) is 2. The maximum atomic E-state index is 11.1. The van der Waals surface area contributed by atoms with E-state index >= 15 is 0 Å². The van der Waals surface area contributed by atoms with E-state index < -0.39 is 11.9 Å². The Labute approximate surface area is 81.7 Å². The Bertz CT molecular complexity index is 308. The lowest BCUT2D eigenvalue weighted by Gasteiger charge is -2.17. The molecule has 0 saturated carbocycles. The molecule has 0 aromatic carbocycles. The van der Waals surface area contributed by atoms with Gasteiger partial charge in [0.25, 0.3) is 0 Å². The summed E-state index contributed by atoms with van der Waals surface area (Å²) in [5.74, 6) is -0.289. The summed E-state index contributed by atoms with van der Waals surface area (Å²) in [6.07, 6.45) is 3.08. The summed E-state index contributed by atoms with van der Waals surface area (Å²) in [6, 6.07) is -0.424. The topological polar surface area (TPSA) is 60.9 Å². The van der Waals surface area contributed by atoms with Gasteiger partial charge in [-0.15, -0.1) is 0 Å². The van der Waals surface area contributed by atoms with E-state index in [1.165, 1.54) is 10.9 Å². The molecule has 0 aliphatic heterocycles. The molecule has 1 aromatic rings. The van der Waals surface area contributed by atoms with Crippen LogP contribution in [0.3, 0.4) is 0 Å². The first-order valence-corrected chi connectivity index (χ1v) is 4.39. The van der Waals surface area contributed by atoms with Crippen LogP contribution in [0, 0.1) is 5.92 Å². The van der Waals surface area contributed by atoms with Gasteiger partial charge in [0.05, 0.1) is 11.2 Å². The van der Waals surface area contributed by atoms with Gasteiger partial charge >= 0.3 is 0 Å². The molecule has 0 fully saturated rings. The predicted molar refractivity (Wildman–Crippen MR) is 50.3 cm³/mol. The largest absolute Gasteiger partial charge is 0.368 e. The number of aromatic nitrogens is 2. The van der Waals surface area contributed by atoms with Crippen molar-refractivity contribution >= 4 is 17.5 Å². The van der Waals surface area contributed by atoms with Crippen LogP contribution in [0.4, 0.5) is 0 Å². The van der Waals surface area contributed by atoms with E-state index in [-0.39, 0.29) is 5.92 Å². The molecule has 0 unspecified atom stereocenters. The highest BCUT2D eigenvalue weighted by Crippen LogP contribution is 2.18. The number of nitrogens with two attached hydrogens (primary N) is 1. The van der Waals surface area contributed by atoms with Crippen LogP contribution in [0.5, 0.6) is 0 Å². The third kappa shape index (κ3) is 2.21. The third-order valence-corrected chi connectivity index (χ3v) is 1.97. The van der Waals surface area contributed by atoms with Gasteiger partial charge in [-0.05, 0) is 5.92 Å². The highest BCUT2D eigenvalue weighted by Gasteiger charge is 2.21. The Kier molecular flexibility index (Phi) is 2.93. The molecular weight excluding hydrogens is 190 g/mol. The third-order valence-electron chi connectivity index (χ3n) is 1.78. The zero-order valence-corrected chi connectivity index (χ0v) is 8.32. The molecule has 1 aromatic heterocycles. The minimum absolute atomic E-state index is 0.105. The number of rotatable bonds is 3. The van der Waals surface area contributed by atoms with Crippen molar-refractivity contribution in [2.75, 3.05) is 0 Å². The quantitative estimate of drug-likeness (QED) is 0.800. The standard InChI is InChI=1S/C8H12ClN3O/c1-5(2)7(8(10)13)12-4-6(9)3-11-12/h3-5,7H,1-2H3,(H2,10,13)/t7-/m0/s1. The molecule has 0 aliphatic rings. The first-order chi connectivity index (χ1) is 6.02. The van der Waals surface area contributed by atoms with E-state index in [0.29, 0.717) is 5.02 Å². The van der Waals surface area contributed by atoms with Gasteiger partial charge in [0.2, 0.25) is 5.91 Å². The van der Waals surface area contributed by atoms with E-state index in [0.717, 1.165) is 0 Å². The number of carbonyl (C=O) groups excluding carboxylic acids is 1. The molecule has 72 valence electrons. The summed E-state index contributed by atoms with van der Waals surface area (Å²) in [5, 5.41) is 4.45. The summed E-state index contributed by atoms with van der Waals surface area (Å²) in [7, 11) is 0. The summed E-state index contributed by atoms with van der Waals surface area (Å²) in [5.41, 5.74) is 5.24. The second kappa shape index (κ2) is 3.79. The molecule has 1 atom stereocenters. The van der Waals surface area contributed by atoms with Gasteiger partial charge in [0.15, 0.2) is 0 Å². The van der Waals surface area contributed by atoms with Gasteiger partial charge in [-0.1, -0.05) is 25.4 Å². The molecule has 0 radical (unpaired) electrons. The highest BCUT2D eigenvalue weighted by atomic mass is 35.5. The van der Waals surface area contributed by atoms with E-state index in [1.54, 1.807) is 6.20 Å². The Morgan fingerprint density at radius 3 is 2.62 bits per heavy atom. The minimum Gasteiger partial charge on any atom is -0.368 e.